The Morgan fingerprint density at radius 1 is 1.40 bits per heavy atom. The third-order valence-electron chi connectivity index (χ3n) is 3.76. The maximum atomic E-state index is 12.4. The lowest BCUT2D eigenvalue weighted by molar-refractivity contribution is -0.144. The van der Waals surface area contributed by atoms with E-state index >= 15 is 0 Å². The largest absolute Gasteiger partial charge is 0.372 e. The summed E-state index contributed by atoms with van der Waals surface area (Å²) in [5.74, 6) is 0.120. The van der Waals surface area contributed by atoms with Crippen molar-refractivity contribution in [2.24, 2.45) is 5.73 Å². The number of carbonyl (C=O) groups is 1. The molecule has 1 aliphatic rings. The minimum Gasteiger partial charge on any atom is -0.372 e. The van der Waals surface area contributed by atoms with Gasteiger partial charge in [0.15, 0.2) is 0 Å². The van der Waals surface area contributed by atoms with Crippen molar-refractivity contribution >= 4 is 5.91 Å². The molecule has 1 aliphatic heterocycles. The monoisotopic (exact) mass is 276 g/mol. The van der Waals surface area contributed by atoms with Crippen molar-refractivity contribution in [2.75, 3.05) is 13.1 Å². The summed E-state index contributed by atoms with van der Waals surface area (Å²) in [6, 6.07) is 9.55. The average molecular weight is 276 g/mol. The van der Waals surface area contributed by atoms with E-state index in [9.17, 15) is 4.79 Å². The van der Waals surface area contributed by atoms with Crippen molar-refractivity contribution in [3.05, 3.63) is 35.9 Å². The summed E-state index contributed by atoms with van der Waals surface area (Å²) in [5.41, 5.74) is 7.13. The molecule has 0 radical (unpaired) electrons. The van der Waals surface area contributed by atoms with Crippen molar-refractivity contribution < 1.29 is 9.53 Å². The van der Waals surface area contributed by atoms with E-state index in [1.165, 1.54) is 0 Å². The van der Waals surface area contributed by atoms with Crippen molar-refractivity contribution in [1.29, 1.82) is 0 Å². The van der Waals surface area contributed by atoms with Crippen molar-refractivity contribution in [1.82, 2.24) is 4.90 Å². The van der Waals surface area contributed by atoms with Crippen molar-refractivity contribution in [2.45, 2.75) is 44.9 Å². The first-order valence-electron chi connectivity index (χ1n) is 7.34. The zero-order valence-electron chi connectivity index (χ0n) is 12.3. The molecule has 0 aliphatic carbocycles. The fourth-order valence-electron chi connectivity index (χ4n) is 2.61. The van der Waals surface area contributed by atoms with Crippen LogP contribution < -0.4 is 5.73 Å². The summed E-state index contributed by atoms with van der Waals surface area (Å²) in [6.45, 7) is 5.44. The molecule has 4 heteroatoms. The molecule has 4 nitrogen and oxygen atoms in total. The van der Waals surface area contributed by atoms with Gasteiger partial charge in [0.1, 0.15) is 0 Å². The normalized spacial score (nSPS) is 24.4. The highest BCUT2D eigenvalue weighted by molar-refractivity contribution is 5.77. The van der Waals surface area contributed by atoms with Crippen LogP contribution in [0.4, 0.5) is 0 Å². The Kier molecular flexibility index (Phi) is 5.15. The highest BCUT2D eigenvalue weighted by Crippen LogP contribution is 2.18. The second-order valence-corrected chi connectivity index (χ2v) is 5.50. The molecule has 1 aromatic rings. The van der Waals surface area contributed by atoms with Crippen molar-refractivity contribution in [3.8, 4) is 0 Å². The smallest absolute Gasteiger partial charge is 0.224 e. The van der Waals surface area contributed by atoms with Crippen molar-refractivity contribution in [3.63, 3.8) is 0 Å². The molecule has 1 saturated heterocycles. The SMILES string of the molecule is CCC1CN(C(=O)CC(N)c2ccccc2)CC(C)O1. The molecule has 0 aromatic heterocycles. The zero-order valence-corrected chi connectivity index (χ0v) is 12.3. The molecule has 3 atom stereocenters. The summed E-state index contributed by atoms with van der Waals surface area (Å²) in [6.07, 6.45) is 1.53. The lowest BCUT2D eigenvalue weighted by Gasteiger charge is -2.37. The molecule has 0 spiro atoms. The Hall–Kier alpha value is -1.39. The number of carbonyl (C=O) groups excluding carboxylic acids is 1. The van der Waals surface area contributed by atoms with Crippen LogP contribution in [0.25, 0.3) is 0 Å². The third-order valence-corrected chi connectivity index (χ3v) is 3.76. The summed E-state index contributed by atoms with van der Waals surface area (Å²) in [5, 5.41) is 0. The number of amides is 1. The second-order valence-electron chi connectivity index (χ2n) is 5.50. The molecule has 0 saturated carbocycles. The van der Waals surface area contributed by atoms with Gasteiger partial charge in [0, 0.05) is 25.6 Å². The zero-order chi connectivity index (χ0) is 14.5. The quantitative estimate of drug-likeness (QED) is 0.916. The van der Waals surface area contributed by atoms with E-state index < -0.39 is 0 Å². The molecule has 20 heavy (non-hydrogen) atoms. The summed E-state index contributed by atoms with van der Waals surface area (Å²) in [4.78, 5) is 14.3. The number of rotatable bonds is 4. The van der Waals surface area contributed by atoms with Gasteiger partial charge in [-0.3, -0.25) is 4.79 Å². The van der Waals surface area contributed by atoms with Gasteiger partial charge in [-0.1, -0.05) is 37.3 Å². The van der Waals surface area contributed by atoms with Gasteiger partial charge < -0.3 is 15.4 Å². The number of nitrogens with two attached hydrogens (primary N) is 1. The standard InChI is InChI=1S/C16H24N2O2/c1-3-14-11-18(10-12(2)20-14)16(19)9-15(17)13-7-5-4-6-8-13/h4-8,12,14-15H,3,9-11,17H2,1-2H3. The molecule has 1 aromatic carbocycles. The Morgan fingerprint density at radius 3 is 2.75 bits per heavy atom. The van der Waals surface area contributed by atoms with Gasteiger partial charge in [0.05, 0.1) is 12.2 Å². The number of nitrogens with zero attached hydrogens (tertiary/aromatic N) is 1. The second kappa shape index (κ2) is 6.86. The molecule has 110 valence electrons. The average Bonchev–Trinajstić information content (AvgIpc) is 2.47. The molecule has 1 fully saturated rings. The number of hydrogen-bond donors (Lipinski definition) is 1. The first-order chi connectivity index (χ1) is 9.60. The number of ether oxygens (including phenoxy) is 1. The Morgan fingerprint density at radius 2 is 2.10 bits per heavy atom. The molecule has 1 heterocycles. The van der Waals surface area contributed by atoms with E-state index in [0.717, 1.165) is 12.0 Å². The molecule has 1 amide bonds. The minimum absolute atomic E-state index is 0.102. The topological polar surface area (TPSA) is 55.6 Å². The maximum absolute atomic E-state index is 12.4. The van der Waals surface area contributed by atoms with Gasteiger partial charge in [-0.05, 0) is 18.9 Å². The first-order valence-corrected chi connectivity index (χ1v) is 7.34. The van der Waals surface area contributed by atoms with E-state index in [-0.39, 0.29) is 24.2 Å². The van der Waals surface area contributed by atoms with Gasteiger partial charge in [0.2, 0.25) is 5.91 Å². The molecule has 0 bridgehead atoms. The highest BCUT2D eigenvalue weighted by atomic mass is 16.5. The number of morpholine rings is 1. The van der Waals surface area contributed by atoms with Gasteiger partial charge in [0.25, 0.3) is 0 Å². The van der Waals surface area contributed by atoms with Crippen LogP contribution in [-0.2, 0) is 9.53 Å². The van der Waals surface area contributed by atoms with Crippen LogP contribution in [0.3, 0.4) is 0 Å². The lowest BCUT2D eigenvalue weighted by Crippen LogP contribution is -2.49. The van der Waals surface area contributed by atoms with Crippen LogP contribution in [0.5, 0.6) is 0 Å². The molecule has 3 unspecified atom stereocenters. The van der Waals surface area contributed by atoms with Gasteiger partial charge >= 0.3 is 0 Å². The minimum atomic E-state index is -0.234. The van der Waals surface area contributed by atoms with E-state index in [4.69, 9.17) is 10.5 Å². The third kappa shape index (κ3) is 3.81. The summed E-state index contributed by atoms with van der Waals surface area (Å²) < 4.78 is 5.78. The van der Waals surface area contributed by atoms with Gasteiger partial charge in [-0.25, -0.2) is 0 Å². The van der Waals surface area contributed by atoms with Crippen LogP contribution in [0.15, 0.2) is 30.3 Å². The van der Waals surface area contributed by atoms with E-state index in [1.54, 1.807) is 0 Å². The lowest BCUT2D eigenvalue weighted by atomic mass is 10.0. The van der Waals surface area contributed by atoms with Crippen LogP contribution in [0, 0.1) is 0 Å². The van der Waals surface area contributed by atoms with Crippen LogP contribution in [0.2, 0.25) is 0 Å². The van der Waals surface area contributed by atoms with E-state index in [2.05, 4.69) is 6.92 Å². The van der Waals surface area contributed by atoms with Gasteiger partial charge in [-0.15, -0.1) is 0 Å². The molecule has 2 rings (SSSR count). The Balaban J connectivity index is 1.94. The van der Waals surface area contributed by atoms with E-state index in [0.29, 0.717) is 19.5 Å². The fourth-order valence-corrected chi connectivity index (χ4v) is 2.61. The highest BCUT2D eigenvalue weighted by Gasteiger charge is 2.28. The Bertz CT molecular complexity index is 435. The van der Waals surface area contributed by atoms with Gasteiger partial charge in [-0.2, -0.15) is 0 Å². The number of benzene rings is 1. The predicted molar refractivity (Wildman–Crippen MR) is 79.2 cm³/mol. The van der Waals surface area contributed by atoms with Crippen LogP contribution >= 0.6 is 0 Å². The van der Waals surface area contributed by atoms with Crippen LogP contribution in [-0.4, -0.2) is 36.1 Å². The summed E-state index contributed by atoms with van der Waals surface area (Å²) in [7, 11) is 0. The summed E-state index contributed by atoms with van der Waals surface area (Å²) >= 11 is 0. The van der Waals surface area contributed by atoms with Crippen LogP contribution in [0.1, 0.15) is 38.3 Å². The fraction of sp³-hybridized carbons (Fsp3) is 0.562. The van der Waals surface area contributed by atoms with E-state index in [1.807, 2.05) is 42.2 Å². The predicted octanol–water partition coefficient (Wildman–Crippen LogP) is 2.10. The first kappa shape index (κ1) is 15.0. The molecular formula is C16H24N2O2. The maximum Gasteiger partial charge on any atom is 0.224 e. The molecule has 2 N–H and O–H groups in total. The molecular weight excluding hydrogens is 252 g/mol. The Labute approximate surface area is 120 Å². The number of hydrogen-bond acceptors (Lipinski definition) is 3.